The second-order valence-corrected chi connectivity index (χ2v) is 7.91. The van der Waals surface area contributed by atoms with Crippen LogP contribution in [0.15, 0.2) is 42.0 Å². The van der Waals surface area contributed by atoms with Crippen LogP contribution in [-0.4, -0.2) is 45.9 Å². The standard InChI is InChI=1S/C24H34F2N4O/c1-6-18(13-19(26)7-2)15-27-20-10-9-11-21(14-20)30(8-3)24(31)23-28-17(5)22(29-23)12-16(4)25/h6-7,12-13,20-21,27H,2,8-11,14-15H2,1,3-5H3,(H,28,29)/b16-12+,18-6+,19-13+/t20-,21?/m1/s1. The lowest BCUT2D eigenvalue weighted by Gasteiger charge is -2.37. The zero-order valence-corrected chi connectivity index (χ0v) is 19.0. The molecule has 1 aromatic rings. The highest BCUT2D eigenvalue weighted by molar-refractivity contribution is 5.91. The molecular weight excluding hydrogens is 398 g/mol. The first-order valence-electron chi connectivity index (χ1n) is 10.9. The van der Waals surface area contributed by atoms with Gasteiger partial charge in [-0.3, -0.25) is 4.79 Å². The first kappa shape index (κ1) is 24.7. The van der Waals surface area contributed by atoms with E-state index < -0.39 is 0 Å². The number of hydrogen-bond donors (Lipinski definition) is 2. The van der Waals surface area contributed by atoms with E-state index in [2.05, 4.69) is 21.9 Å². The number of imidazole rings is 1. The topological polar surface area (TPSA) is 61.0 Å². The molecule has 1 amide bonds. The van der Waals surface area contributed by atoms with E-state index in [1.54, 1.807) is 6.92 Å². The Morgan fingerprint density at radius 2 is 2.13 bits per heavy atom. The molecule has 0 aliphatic heterocycles. The fourth-order valence-corrected chi connectivity index (χ4v) is 3.97. The van der Waals surface area contributed by atoms with Crippen LogP contribution in [0.4, 0.5) is 8.78 Å². The molecule has 1 fully saturated rings. The highest BCUT2D eigenvalue weighted by Gasteiger charge is 2.30. The first-order valence-corrected chi connectivity index (χ1v) is 10.9. The smallest absolute Gasteiger partial charge is 0.289 e. The fraction of sp³-hybridized carbons (Fsp3) is 0.500. The average molecular weight is 433 g/mol. The van der Waals surface area contributed by atoms with Crippen LogP contribution >= 0.6 is 0 Å². The molecule has 1 aromatic heterocycles. The summed E-state index contributed by atoms with van der Waals surface area (Å²) in [6, 6.07) is 0.326. The Bertz CT molecular complexity index is 865. The van der Waals surface area contributed by atoms with Crippen molar-refractivity contribution in [3.63, 3.8) is 0 Å². The number of aromatic amines is 1. The Hall–Kier alpha value is -2.54. The van der Waals surface area contributed by atoms with Gasteiger partial charge >= 0.3 is 0 Å². The maximum absolute atomic E-state index is 13.5. The third-order valence-corrected chi connectivity index (χ3v) is 5.63. The third-order valence-electron chi connectivity index (χ3n) is 5.63. The number of carbonyl (C=O) groups is 1. The average Bonchev–Trinajstić information content (AvgIpc) is 3.11. The zero-order chi connectivity index (χ0) is 23.0. The van der Waals surface area contributed by atoms with E-state index in [-0.39, 0.29) is 35.5 Å². The van der Waals surface area contributed by atoms with Crippen molar-refractivity contribution in [2.24, 2.45) is 0 Å². The van der Waals surface area contributed by atoms with Crippen LogP contribution in [-0.2, 0) is 0 Å². The van der Waals surface area contributed by atoms with E-state index in [9.17, 15) is 13.6 Å². The summed E-state index contributed by atoms with van der Waals surface area (Å²) < 4.78 is 26.7. The molecule has 1 heterocycles. The van der Waals surface area contributed by atoms with Crippen LogP contribution in [0.2, 0.25) is 0 Å². The molecule has 0 spiro atoms. The highest BCUT2D eigenvalue weighted by atomic mass is 19.1. The van der Waals surface area contributed by atoms with Gasteiger partial charge in [-0.2, -0.15) is 0 Å². The zero-order valence-electron chi connectivity index (χ0n) is 19.0. The van der Waals surface area contributed by atoms with E-state index in [1.165, 1.54) is 25.2 Å². The second kappa shape index (κ2) is 11.7. The van der Waals surface area contributed by atoms with Crippen LogP contribution in [0.25, 0.3) is 6.08 Å². The predicted octanol–water partition coefficient (Wildman–Crippen LogP) is 5.40. The van der Waals surface area contributed by atoms with Crippen LogP contribution in [0.3, 0.4) is 0 Å². The number of amides is 1. The molecule has 2 rings (SSSR count). The maximum atomic E-state index is 13.5. The number of aryl methyl sites for hydroxylation is 1. The normalized spacial score (nSPS) is 20.6. The van der Waals surface area contributed by atoms with Crippen molar-refractivity contribution in [1.29, 1.82) is 0 Å². The van der Waals surface area contributed by atoms with Crippen molar-refractivity contribution in [3.8, 4) is 0 Å². The fourth-order valence-electron chi connectivity index (χ4n) is 3.97. The third kappa shape index (κ3) is 6.99. The van der Waals surface area contributed by atoms with Gasteiger partial charge < -0.3 is 15.2 Å². The van der Waals surface area contributed by atoms with Gasteiger partial charge in [-0.1, -0.05) is 12.7 Å². The summed E-state index contributed by atoms with van der Waals surface area (Å²) in [6.07, 6.45) is 9.63. The van der Waals surface area contributed by atoms with E-state index in [0.29, 0.717) is 24.5 Å². The Morgan fingerprint density at radius 3 is 2.74 bits per heavy atom. The van der Waals surface area contributed by atoms with Gasteiger partial charge in [0.15, 0.2) is 5.82 Å². The molecule has 1 unspecified atom stereocenters. The van der Waals surface area contributed by atoms with Gasteiger partial charge in [0.1, 0.15) is 5.83 Å². The first-order chi connectivity index (χ1) is 14.8. The van der Waals surface area contributed by atoms with E-state index in [4.69, 9.17) is 0 Å². The molecule has 1 aliphatic rings. The number of rotatable bonds is 9. The SMILES string of the molecule is C=C/C(F)=C\C(=C/C)CN[C@@H]1CCCC(N(CC)C(=O)c2nc(/C=C(\C)F)c(C)[nH]2)C1. The number of allylic oxidation sites excluding steroid dienone is 4. The molecule has 0 saturated heterocycles. The highest BCUT2D eigenvalue weighted by Crippen LogP contribution is 2.25. The van der Waals surface area contributed by atoms with Crippen LogP contribution in [0, 0.1) is 6.92 Å². The van der Waals surface area contributed by atoms with Crippen LogP contribution in [0.1, 0.15) is 68.5 Å². The number of nitrogens with one attached hydrogen (secondary N) is 2. The van der Waals surface area contributed by atoms with Crippen molar-refractivity contribution in [3.05, 3.63) is 59.2 Å². The monoisotopic (exact) mass is 432 g/mol. The Balaban J connectivity index is 2.06. The molecule has 0 radical (unpaired) electrons. The van der Waals surface area contributed by atoms with Crippen molar-refractivity contribution in [1.82, 2.24) is 20.2 Å². The summed E-state index contributed by atoms with van der Waals surface area (Å²) >= 11 is 0. The predicted molar refractivity (Wildman–Crippen MR) is 122 cm³/mol. The Morgan fingerprint density at radius 1 is 1.39 bits per heavy atom. The number of hydrogen-bond acceptors (Lipinski definition) is 3. The number of halogens is 2. The summed E-state index contributed by atoms with van der Waals surface area (Å²) in [5.41, 5.74) is 1.97. The van der Waals surface area contributed by atoms with Crippen molar-refractivity contribution < 1.29 is 13.6 Å². The minimum Gasteiger partial charge on any atom is -0.337 e. The van der Waals surface area contributed by atoms with E-state index >= 15 is 0 Å². The molecular formula is C24H34F2N4O. The van der Waals surface area contributed by atoms with Crippen molar-refractivity contribution >= 4 is 12.0 Å². The van der Waals surface area contributed by atoms with Crippen molar-refractivity contribution in [2.75, 3.05) is 13.1 Å². The van der Waals surface area contributed by atoms with Gasteiger partial charge in [0, 0.05) is 30.9 Å². The second-order valence-electron chi connectivity index (χ2n) is 7.91. The summed E-state index contributed by atoms with van der Waals surface area (Å²) in [4.78, 5) is 22.3. The molecule has 1 aliphatic carbocycles. The molecule has 2 N–H and O–H groups in total. The number of aromatic nitrogens is 2. The van der Waals surface area contributed by atoms with E-state index in [1.807, 2.05) is 24.8 Å². The lowest BCUT2D eigenvalue weighted by atomic mass is 9.89. The Kier molecular flexibility index (Phi) is 9.37. The molecule has 31 heavy (non-hydrogen) atoms. The molecule has 1 saturated carbocycles. The van der Waals surface area contributed by atoms with Crippen LogP contribution < -0.4 is 5.32 Å². The molecule has 5 nitrogen and oxygen atoms in total. The summed E-state index contributed by atoms with van der Waals surface area (Å²) in [6.45, 7) is 11.5. The number of carbonyl (C=O) groups excluding carboxylic acids is 1. The van der Waals surface area contributed by atoms with Gasteiger partial charge in [-0.05, 0) is 77.2 Å². The maximum Gasteiger partial charge on any atom is 0.289 e. The summed E-state index contributed by atoms with van der Waals surface area (Å²) in [5.74, 6) is -0.642. The van der Waals surface area contributed by atoms with Gasteiger partial charge in [0.05, 0.1) is 11.5 Å². The minimum atomic E-state index is -0.356. The molecule has 7 heteroatoms. The van der Waals surface area contributed by atoms with Crippen LogP contribution in [0.5, 0.6) is 0 Å². The minimum absolute atomic E-state index is 0.0885. The number of H-pyrrole nitrogens is 1. The molecule has 170 valence electrons. The lowest BCUT2D eigenvalue weighted by Crippen LogP contribution is -2.47. The molecule has 2 atom stereocenters. The molecule has 0 aromatic carbocycles. The summed E-state index contributed by atoms with van der Waals surface area (Å²) in [7, 11) is 0. The molecule has 0 bridgehead atoms. The van der Waals surface area contributed by atoms with Gasteiger partial charge in [-0.15, -0.1) is 0 Å². The van der Waals surface area contributed by atoms with Gasteiger partial charge in [0.2, 0.25) is 0 Å². The summed E-state index contributed by atoms with van der Waals surface area (Å²) in [5, 5.41) is 3.50. The van der Waals surface area contributed by atoms with E-state index in [0.717, 1.165) is 31.3 Å². The van der Waals surface area contributed by atoms with Gasteiger partial charge in [-0.25, -0.2) is 13.8 Å². The largest absolute Gasteiger partial charge is 0.337 e. The van der Waals surface area contributed by atoms with Crippen molar-refractivity contribution in [2.45, 2.75) is 65.5 Å². The number of nitrogens with zero attached hydrogens (tertiary/aromatic N) is 2. The van der Waals surface area contributed by atoms with Gasteiger partial charge in [0.25, 0.3) is 5.91 Å². The Labute approximate surface area is 184 Å². The quantitative estimate of drug-likeness (QED) is 0.514. The lowest BCUT2D eigenvalue weighted by molar-refractivity contribution is 0.0618.